The Bertz CT molecular complexity index is 1080. The maximum Gasteiger partial charge on any atom is 0.0808 e. The summed E-state index contributed by atoms with van der Waals surface area (Å²) in [6.07, 6.45) is 6.39. The first-order chi connectivity index (χ1) is 10.9. The predicted molar refractivity (Wildman–Crippen MR) is 94.3 cm³/mol. The first-order valence-electron chi connectivity index (χ1n) is 7.56. The second-order valence-electron chi connectivity index (χ2n) is 5.69. The van der Waals surface area contributed by atoms with Crippen molar-refractivity contribution in [1.82, 2.24) is 4.98 Å². The Labute approximate surface area is 128 Å². The first-order valence-corrected chi connectivity index (χ1v) is 7.56. The molecule has 2 heterocycles. The summed E-state index contributed by atoms with van der Waals surface area (Å²) in [5.74, 6) is 0. The van der Waals surface area contributed by atoms with Crippen molar-refractivity contribution in [2.45, 2.75) is 0 Å². The predicted octanol–water partition coefficient (Wildman–Crippen LogP) is 4.98. The smallest absolute Gasteiger partial charge is 0.0808 e. The second kappa shape index (κ2) is 4.31. The van der Waals surface area contributed by atoms with Crippen LogP contribution in [0.1, 0.15) is 5.56 Å². The lowest BCUT2D eigenvalue weighted by Gasteiger charge is -2.20. The van der Waals surface area contributed by atoms with Gasteiger partial charge in [-0.3, -0.25) is 4.98 Å². The zero-order valence-electron chi connectivity index (χ0n) is 12.0. The number of nitrogens with zero attached hydrogens (tertiary/aromatic N) is 1. The van der Waals surface area contributed by atoms with Crippen LogP contribution in [0, 0.1) is 0 Å². The molecular weight excluding hydrogens is 268 g/mol. The van der Waals surface area contributed by atoms with Gasteiger partial charge in [0.05, 0.1) is 11.2 Å². The van der Waals surface area contributed by atoms with Gasteiger partial charge in [0, 0.05) is 34.5 Å². The van der Waals surface area contributed by atoms with Gasteiger partial charge in [-0.2, -0.15) is 0 Å². The van der Waals surface area contributed by atoms with E-state index in [1.54, 1.807) is 0 Å². The Balaban J connectivity index is 2.15. The minimum Gasteiger partial charge on any atom is -0.380 e. The Hall–Kier alpha value is -2.87. The number of rotatable bonds is 0. The van der Waals surface area contributed by atoms with Gasteiger partial charge >= 0.3 is 0 Å². The maximum absolute atomic E-state index is 4.78. The molecule has 2 nitrogen and oxygen atoms in total. The molecule has 0 bridgehead atoms. The van der Waals surface area contributed by atoms with Crippen molar-refractivity contribution in [3.63, 3.8) is 0 Å². The summed E-state index contributed by atoms with van der Waals surface area (Å²) in [5, 5.41) is 9.72. The van der Waals surface area contributed by atoms with Crippen LogP contribution in [0.25, 0.3) is 38.5 Å². The van der Waals surface area contributed by atoms with Crippen LogP contribution in [0.4, 0.5) is 5.69 Å². The SMILES string of the molecule is C1=Cc2c(c3c4ccccc4cnc3c3ccccc23)NC1. The molecule has 2 heteroatoms. The van der Waals surface area contributed by atoms with Crippen molar-refractivity contribution in [3.05, 3.63) is 66.4 Å². The average Bonchev–Trinajstić information content (AvgIpc) is 2.61. The number of fused-ring (bicyclic) bond motifs is 8. The van der Waals surface area contributed by atoms with Gasteiger partial charge < -0.3 is 5.32 Å². The largest absolute Gasteiger partial charge is 0.380 e. The van der Waals surface area contributed by atoms with Crippen molar-refractivity contribution in [1.29, 1.82) is 0 Å². The molecule has 5 rings (SSSR count). The molecule has 0 saturated carbocycles. The lowest BCUT2D eigenvalue weighted by atomic mass is 9.93. The van der Waals surface area contributed by atoms with Crippen molar-refractivity contribution in [2.75, 3.05) is 11.9 Å². The molecule has 0 unspecified atom stereocenters. The maximum atomic E-state index is 4.78. The van der Waals surface area contributed by atoms with Crippen LogP contribution >= 0.6 is 0 Å². The molecule has 1 N–H and O–H groups in total. The fraction of sp³-hybridized carbons (Fsp3) is 0.0500. The minimum absolute atomic E-state index is 0.865. The summed E-state index contributed by atoms with van der Waals surface area (Å²) < 4.78 is 0. The number of hydrogen-bond donors (Lipinski definition) is 1. The second-order valence-corrected chi connectivity index (χ2v) is 5.69. The standard InChI is InChI=1S/C20H14N2/c1-2-7-14-13(6-1)12-22-20-16-9-4-3-8-15(16)17-10-5-11-21-19(17)18(14)20/h1-10,12,21H,11H2. The summed E-state index contributed by atoms with van der Waals surface area (Å²) in [6, 6.07) is 17.0. The van der Waals surface area contributed by atoms with Gasteiger partial charge in [-0.1, -0.05) is 60.7 Å². The number of nitrogens with one attached hydrogen (secondary N) is 1. The summed E-state index contributed by atoms with van der Waals surface area (Å²) in [6.45, 7) is 0.865. The van der Waals surface area contributed by atoms with Gasteiger partial charge in [0.25, 0.3) is 0 Å². The van der Waals surface area contributed by atoms with Gasteiger partial charge in [-0.15, -0.1) is 0 Å². The number of pyridine rings is 1. The van der Waals surface area contributed by atoms with E-state index in [9.17, 15) is 0 Å². The zero-order chi connectivity index (χ0) is 14.5. The zero-order valence-corrected chi connectivity index (χ0v) is 12.0. The van der Waals surface area contributed by atoms with Crippen molar-refractivity contribution in [2.24, 2.45) is 0 Å². The molecule has 4 aromatic rings. The molecule has 1 aliphatic heterocycles. The van der Waals surface area contributed by atoms with Crippen LogP contribution in [0.3, 0.4) is 0 Å². The summed E-state index contributed by atoms with van der Waals surface area (Å²) in [7, 11) is 0. The van der Waals surface area contributed by atoms with Crippen molar-refractivity contribution >= 4 is 44.2 Å². The van der Waals surface area contributed by atoms with Gasteiger partial charge in [0.1, 0.15) is 0 Å². The molecule has 0 radical (unpaired) electrons. The molecule has 0 atom stereocenters. The molecule has 0 saturated heterocycles. The highest BCUT2D eigenvalue weighted by Gasteiger charge is 2.16. The first kappa shape index (κ1) is 11.8. The molecular formula is C20H14N2. The van der Waals surface area contributed by atoms with E-state index in [1.165, 1.54) is 38.2 Å². The van der Waals surface area contributed by atoms with Gasteiger partial charge in [-0.05, 0) is 10.8 Å². The third-order valence-electron chi connectivity index (χ3n) is 4.47. The fourth-order valence-electron chi connectivity index (χ4n) is 3.51. The molecule has 0 fully saturated rings. The van der Waals surface area contributed by atoms with E-state index in [2.05, 4.69) is 66.0 Å². The summed E-state index contributed by atoms with van der Waals surface area (Å²) in [4.78, 5) is 4.78. The van der Waals surface area contributed by atoms with Crippen LogP contribution < -0.4 is 5.32 Å². The van der Waals surface area contributed by atoms with E-state index in [0.29, 0.717) is 0 Å². The number of anilines is 1. The third-order valence-corrected chi connectivity index (χ3v) is 4.47. The van der Waals surface area contributed by atoms with Crippen molar-refractivity contribution < 1.29 is 0 Å². The molecule has 0 aliphatic carbocycles. The van der Waals surface area contributed by atoms with E-state index in [4.69, 9.17) is 4.98 Å². The van der Waals surface area contributed by atoms with E-state index in [-0.39, 0.29) is 0 Å². The number of benzene rings is 3. The van der Waals surface area contributed by atoms with Crippen LogP contribution in [-0.2, 0) is 0 Å². The molecule has 1 aliphatic rings. The minimum atomic E-state index is 0.865. The van der Waals surface area contributed by atoms with Gasteiger partial charge in [0.15, 0.2) is 0 Å². The Morgan fingerprint density at radius 1 is 0.864 bits per heavy atom. The van der Waals surface area contributed by atoms with Crippen molar-refractivity contribution in [3.8, 4) is 0 Å². The molecule has 3 aromatic carbocycles. The van der Waals surface area contributed by atoms with E-state index in [0.717, 1.165) is 12.1 Å². The van der Waals surface area contributed by atoms with E-state index in [1.807, 2.05) is 6.20 Å². The van der Waals surface area contributed by atoms with Gasteiger partial charge in [0.2, 0.25) is 0 Å². The molecule has 0 amide bonds. The quantitative estimate of drug-likeness (QED) is 0.460. The van der Waals surface area contributed by atoms with Crippen LogP contribution in [0.2, 0.25) is 0 Å². The molecule has 104 valence electrons. The van der Waals surface area contributed by atoms with Gasteiger partial charge in [-0.25, -0.2) is 0 Å². The molecule has 0 spiro atoms. The third kappa shape index (κ3) is 1.47. The highest BCUT2D eigenvalue weighted by Crippen LogP contribution is 2.40. The monoisotopic (exact) mass is 282 g/mol. The summed E-state index contributed by atoms with van der Waals surface area (Å²) >= 11 is 0. The highest BCUT2D eigenvalue weighted by atomic mass is 14.9. The van der Waals surface area contributed by atoms with Crippen LogP contribution in [0.5, 0.6) is 0 Å². The van der Waals surface area contributed by atoms with E-state index >= 15 is 0 Å². The van der Waals surface area contributed by atoms with Crippen LogP contribution in [-0.4, -0.2) is 11.5 Å². The molecule has 22 heavy (non-hydrogen) atoms. The number of aromatic nitrogens is 1. The fourth-order valence-corrected chi connectivity index (χ4v) is 3.51. The highest BCUT2D eigenvalue weighted by molar-refractivity contribution is 6.23. The topological polar surface area (TPSA) is 24.9 Å². The Kier molecular flexibility index (Phi) is 2.30. The lowest BCUT2D eigenvalue weighted by Crippen LogP contribution is -2.06. The summed E-state index contributed by atoms with van der Waals surface area (Å²) in [5.41, 5.74) is 3.56. The van der Waals surface area contributed by atoms with E-state index < -0.39 is 0 Å². The Morgan fingerprint density at radius 3 is 2.55 bits per heavy atom. The lowest BCUT2D eigenvalue weighted by molar-refractivity contribution is 1.33. The number of hydrogen-bond acceptors (Lipinski definition) is 2. The normalized spacial score (nSPS) is 13.5. The average molecular weight is 282 g/mol. The molecule has 1 aromatic heterocycles. The Morgan fingerprint density at radius 2 is 1.64 bits per heavy atom. The van der Waals surface area contributed by atoms with Crippen LogP contribution in [0.15, 0.2) is 60.8 Å².